The average molecular weight is 429 g/mol. The summed E-state index contributed by atoms with van der Waals surface area (Å²) in [5, 5.41) is 0. The second kappa shape index (κ2) is 11.5. The average Bonchev–Trinajstić information content (AvgIpc) is 2.78. The molecule has 0 amide bonds. The first kappa shape index (κ1) is 23.6. The smallest absolute Gasteiger partial charge is 0.206 e. The summed E-state index contributed by atoms with van der Waals surface area (Å²) in [5.74, 6) is 0.875. The zero-order chi connectivity index (χ0) is 22.2. The van der Waals surface area contributed by atoms with E-state index in [0.29, 0.717) is 17.5 Å². The van der Waals surface area contributed by atoms with E-state index in [-0.39, 0.29) is 5.56 Å². The lowest BCUT2D eigenvalue weighted by Crippen LogP contribution is -2.12. The van der Waals surface area contributed by atoms with Crippen LogP contribution in [0.15, 0.2) is 48.6 Å². The molecule has 0 spiro atoms. The van der Waals surface area contributed by atoms with Gasteiger partial charge in [0, 0.05) is 5.56 Å². The van der Waals surface area contributed by atoms with Gasteiger partial charge < -0.3 is 0 Å². The van der Waals surface area contributed by atoms with Crippen molar-refractivity contribution < 1.29 is 13.2 Å². The van der Waals surface area contributed by atoms with Gasteiger partial charge in [0.1, 0.15) is 5.82 Å². The number of benzene rings is 2. The van der Waals surface area contributed by atoms with Crippen LogP contribution in [0.2, 0.25) is 0 Å². The third-order valence-electron chi connectivity index (χ3n) is 6.73. The minimum Gasteiger partial charge on any atom is -0.206 e. The molecule has 1 aliphatic rings. The summed E-state index contributed by atoms with van der Waals surface area (Å²) in [6.45, 7) is 4.04. The molecule has 1 aliphatic carbocycles. The third-order valence-corrected chi connectivity index (χ3v) is 6.73. The molecule has 168 valence electrons. The van der Waals surface area contributed by atoms with E-state index in [1.807, 2.05) is 24.3 Å². The van der Waals surface area contributed by atoms with Crippen molar-refractivity contribution in [3.8, 4) is 11.1 Å². The van der Waals surface area contributed by atoms with Crippen LogP contribution in [0, 0.1) is 17.7 Å². The Hall–Kier alpha value is -2.03. The highest BCUT2D eigenvalue weighted by Crippen LogP contribution is 2.34. The molecule has 0 aromatic heterocycles. The normalized spacial score (nSPS) is 19.4. The van der Waals surface area contributed by atoms with Crippen molar-refractivity contribution in [1.29, 1.82) is 0 Å². The number of alkyl halides is 2. The monoisotopic (exact) mass is 428 g/mol. The molecule has 0 bridgehead atoms. The summed E-state index contributed by atoms with van der Waals surface area (Å²) in [5.41, 5.74) is 1.99. The minimum absolute atomic E-state index is 0.248. The molecule has 3 rings (SSSR count). The molecule has 0 aliphatic heterocycles. The largest absolute Gasteiger partial charge is 0.266 e. The van der Waals surface area contributed by atoms with E-state index >= 15 is 0 Å². The van der Waals surface area contributed by atoms with Crippen LogP contribution < -0.4 is 0 Å². The van der Waals surface area contributed by atoms with Crippen LogP contribution in [0.25, 0.3) is 11.1 Å². The Balaban J connectivity index is 1.56. The topological polar surface area (TPSA) is 0 Å². The maximum absolute atomic E-state index is 14.8. The predicted molar refractivity (Wildman–Crippen MR) is 124 cm³/mol. The van der Waals surface area contributed by atoms with Crippen molar-refractivity contribution in [3.63, 3.8) is 0 Å². The van der Waals surface area contributed by atoms with Gasteiger partial charge in [-0.1, -0.05) is 75.2 Å². The Morgan fingerprint density at radius 1 is 0.968 bits per heavy atom. The van der Waals surface area contributed by atoms with Crippen molar-refractivity contribution in [2.24, 2.45) is 11.8 Å². The van der Waals surface area contributed by atoms with E-state index in [9.17, 15) is 13.2 Å². The molecule has 0 nitrogen and oxygen atoms in total. The molecule has 0 radical (unpaired) electrons. The summed E-state index contributed by atoms with van der Waals surface area (Å²) in [4.78, 5) is 0. The summed E-state index contributed by atoms with van der Waals surface area (Å²) >= 11 is 0. The maximum Gasteiger partial charge on any atom is 0.266 e. The van der Waals surface area contributed by atoms with Crippen molar-refractivity contribution in [2.45, 2.75) is 78.1 Å². The van der Waals surface area contributed by atoms with Crippen LogP contribution in [-0.2, 0) is 12.8 Å². The summed E-state index contributed by atoms with van der Waals surface area (Å²) in [6, 6.07) is 10.9. The minimum atomic E-state index is -2.80. The molecule has 0 unspecified atom stereocenters. The summed E-state index contributed by atoms with van der Waals surface area (Å²) in [7, 11) is 0. The second-order valence-corrected chi connectivity index (χ2v) is 8.89. The predicted octanol–water partition coefficient (Wildman–Crippen LogP) is 9.09. The zero-order valence-electron chi connectivity index (χ0n) is 18.8. The Bertz CT molecular complexity index is 843. The Morgan fingerprint density at radius 2 is 1.68 bits per heavy atom. The van der Waals surface area contributed by atoms with Crippen molar-refractivity contribution in [2.75, 3.05) is 0 Å². The van der Waals surface area contributed by atoms with Gasteiger partial charge in [-0.3, -0.25) is 0 Å². The van der Waals surface area contributed by atoms with Crippen molar-refractivity contribution in [1.82, 2.24) is 0 Å². The van der Waals surface area contributed by atoms with Gasteiger partial charge in [-0.05, 0) is 73.5 Å². The number of hydrogen-bond donors (Lipinski definition) is 0. The molecule has 31 heavy (non-hydrogen) atoms. The Kier molecular flexibility index (Phi) is 8.80. The van der Waals surface area contributed by atoms with E-state index in [1.54, 1.807) is 19.1 Å². The van der Waals surface area contributed by atoms with Crippen LogP contribution >= 0.6 is 0 Å². The van der Waals surface area contributed by atoms with Gasteiger partial charge in [-0.2, -0.15) is 0 Å². The number of allylic oxidation sites excluding steroid dienone is 2. The highest BCUT2D eigenvalue weighted by atomic mass is 19.3. The van der Waals surface area contributed by atoms with Crippen LogP contribution in [0.5, 0.6) is 0 Å². The molecule has 0 heterocycles. The standard InChI is InChI=1S/C28H35F3/c1-3-7-20-10-12-21(13-11-20)8-5-6-9-22-14-16-24(17-15-22)25-19-18-23(4-2)26(27(25)29)28(30)31/h5,8,14-21,28H,3-4,6-7,9-13H2,1-2H3. The van der Waals surface area contributed by atoms with Gasteiger partial charge in [0.2, 0.25) is 0 Å². The molecule has 0 saturated heterocycles. The first-order valence-electron chi connectivity index (χ1n) is 11.9. The third kappa shape index (κ3) is 6.24. The van der Waals surface area contributed by atoms with Gasteiger partial charge in [0.25, 0.3) is 6.43 Å². The summed E-state index contributed by atoms with van der Waals surface area (Å²) in [6.07, 6.45) is 12.3. The molecule has 1 fully saturated rings. The number of rotatable bonds is 9. The van der Waals surface area contributed by atoms with Gasteiger partial charge in [0.05, 0.1) is 5.56 Å². The first-order chi connectivity index (χ1) is 15.0. The van der Waals surface area contributed by atoms with Gasteiger partial charge in [-0.25, -0.2) is 13.2 Å². The fourth-order valence-electron chi connectivity index (χ4n) is 4.87. The molecule has 1 saturated carbocycles. The molecular formula is C28H35F3. The number of hydrogen-bond acceptors (Lipinski definition) is 0. The lowest BCUT2D eigenvalue weighted by Gasteiger charge is -2.26. The highest BCUT2D eigenvalue weighted by molar-refractivity contribution is 5.66. The van der Waals surface area contributed by atoms with E-state index in [4.69, 9.17) is 0 Å². The van der Waals surface area contributed by atoms with Gasteiger partial charge in [-0.15, -0.1) is 0 Å². The second-order valence-electron chi connectivity index (χ2n) is 8.89. The van der Waals surface area contributed by atoms with E-state index in [1.165, 1.54) is 44.1 Å². The lowest BCUT2D eigenvalue weighted by atomic mass is 9.80. The van der Waals surface area contributed by atoms with Crippen LogP contribution in [0.1, 0.15) is 81.9 Å². The molecule has 0 atom stereocenters. The highest BCUT2D eigenvalue weighted by Gasteiger charge is 2.21. The fourth-order valence-corrected chi connectivity index (χ4v) is 4.87. The molecule has 2 aromatic carbocycles. The maximum atomic E-state index is 14.8. The molecule has 2 aromatic rings. The van der Waals surface area contributed by atoms with Crippen molar-refractivity contribution in [3.05, 3.63) is 71.1 Å². The van der Waals surface area contributed by atoms with Crippen LogP contribution in [0.3, 0.4) is 0 Å². The van der Waals surface area contributed by atoms with Gasteiger partial charge >= 0.3 is 0 Å². The molecular weight excluding hydrogens is 393 g/mol. The SMILES string of the molecule is CCCC1CCC(C=CCCc2ccc(-c3ccc(CC)c(C(F)F)c3F)cc2)CC1. The van der Waals surface area contributed by atoms with Crippen LogP contribution in [-0.4, -0.2) is 0 Å². The summed E-state index contributed by atoms with van der Waals surface area (Å²) < 4.78 is 41.5. The number of halogens is 3. The zero-order valence-corrected chi connectivity index (χ0v) is 18.8. The molecule has 3 heteroatoms. The van der Waals surface area contributed by atoms with E-state index in [2.05, 4.69) is 19.1 Å². The number of aryl methyl sites for hydroxylation is 2. The molecule has 0 N–H and O–H groups in total. The van der Waals surface area contributed by atoms with E-state index in [0.717, 1.165) is 24.7 Å². The quantitative estimate of drug-likeness (QED) is 0.349. The van der Waals surface area contributed by atoms with Crippen molar-refractivity contribution >= 4 is 0 Å². The lowest BCUT2D eigenvalue weighted by molar-refractivity contribution is 0.145. The van der Waals surface area contributed by atoms with Gasteiger partial charge in [0.15, 0.2) is 0 Å². The van der Waals surface area contributed by atoms with Crippen LogP contribution in [0.4, 0.5) is 13.2 Å². The first-order valence-corrected chi connectivity index (χ1v) is 11.9. The Morgan fingerprint density at radius 3 is 2.29 bits per heavy atom. The fraction of sp³-hybridized carbons (Fsp3) is 0.500. The van der Waals surface area contributed by atoms with E-state index < -0.39 is 17.8 Å². The Labute approximate surface area is 185 Å².